The molecule has 0 saturated carbocycles. The fourth-order valence-electron chi connectivity index (χ4n) is 5.15. The van der Waals surface area contributed by atoms with Crippen molar-refractivity contribution in [3.8, 4) is 11.4 Å². The molecule has 2 aromatic carbocycles. The van der Waals surface area contributed by atoms with Gasteiger partial charge in [0, 0.05) is 21.8 Å². The first-order valence-electron chi connectivity index (χ1n) is 12.8. The molecule has 0 bridgehead atoms. The van der Waals surface area contributed by atoms with Crippen LogP contribution in [0.2, 0.25) is 0 Å². The second-order valence-electron chi connectivity index (χ2n) is 9.65. The van der Waals surface area contributed by atoms with Crippen LogP contribution in [0.1, 0.15) is 52.2 Å². The summed E-state index contributed by atoms with van der Waals surface area (Å²) in [6, 6.07) is 13.2. The van der Waals surface area contributed by atoms with Crippen molar-refractivity contribution >= 4 is 39.3 Å². The number of nitrogens with zero attached hydrogens (tertiary/aromatic N) is 2. The molecular formula is C29H28N2O5S2. The van der Waals surface area contributed by atoms with E-state index in [-0.39, 0.29) is 18.3 Å². The number of hydrogen-bond donors (Lipinski definition) is 0. The average Bonchev–Trinajstić information content (AvgIpc) is 3.29. The molecule has 196 valence electrons. The number of para-hydroxylation sites is 1. The fraction of sp³-hybridized carbons (Fsp3) is 0.345. The highest BCUT2D eigenvalue weighted by Gasteiger charge is 2.26. The van der Waals surface area contributed by atoms with E-state index >= 15 is 0 Å². The first-order chi connectivity index (χ1) is 18.5. The minimum atomic E-state index is -0.383. The minimum absolute atomic E-state index is 0.0253. The summed E-state index contributed by atoms with van der Waals surface area (Å²) >= 11 is 3.11. The smallest absolute Gasteiger partial charge is 0.338 e. The lowest BCUT2D eigenvalue weighted by Gasteiger charge is -2.22. The summed E-state index contributed by atoms with van der Waals surface area (Å²) in [6.07, 6.45) is 3.00. The van der Waals surface area contributed by atoms with E-state index in [1.807, 2.05) is 36.4 Å². The molecule has 1 aliphatic heterocycles. The highest BCUT2D eigenvalue weighted by atomic mass is 32.2. The Bertz CT molecular complexity index is 1580. The Morgan fingerprint density at radius 3 is 2.92 bits per heavy atom. The number of thioether (sulfide) groups is 1. The number of fused-ring (bicyclic) bond motifs is 4. The number of rotatable bonds is 6. The zero-order valence-electron chi connectivity index (χ0n) is 21.3. The third-order valence-electron chi connectivity index (χ3n) is 6.97. The van der Waals surface area contributed by atoms with E-state index in [0.29, 0.717) is 41.4 Å². The van der Waals surface area contributed by atoms with Crippen molar-refractivity contribution in [2.45, 2.75) is 50.6 Å². The molecule has 2 aromatic heterocycles. The topological polar surface area (TPSA) is 79.7 Å². The van der Waals surface area contributed by atoms with Crippen molar-refractivity contribution < 1.29 is 19.0 Å². The Morgan fingerprint density at radius 1 is 1.26 bits per heavy atom. The molecule has 0 fully saturated rings. The van der Waals surface area contributed by atoms with Crippen molar-refractivity contribution in [3.63, 3.8) is 0 Å². The van der Waals surface area contributed by atoms with Crippen molar-refractivity contribution in [3.05, 3.63) is 79.9 Å². The molecule has 1 unspecified atom stereocenters. The SMILES string of the molecule is CCOC(=O)c1cc2c(c(CSc3nc4sc5c(c4c(=O)n3-c3ccccc3)CCC(C)C5)c1)OCOC2. The van der Waals surface area contributed by atoms with Crippen molar-refractivity contribution in [1.29, 1.82) is 0 Å². The van der Waals surface area contributed by atoms with E-state index in [1.165, 1.54) is 22.2 Å². The van der Waals surface area contributed by atoms with Crippen molar-refractivity contribution in [1.82, 2.24) is 9.55 Å². The monoisotopic (exact) mass is 548 g/mol. The third kappa shape index (κ3) is 4.63. The molecule has 6 rings (SSSR count). The lowest BCUT2D eigenvalue weighted by molar-refractivity contribution is -0.0169. The molecule has 1 atom stereocenters. The standard InChI is InChI=1S/C29H28N2O5S2/c1-3-35-28(33)18-12-19-14-34-16-36-25(19)20(13-18)15-37-29-30-26-24(22-10-9-17(2)11-23(22)38-26)27(32)31(29)21-7-5-4-6-8-21/h4-8,12-13,17H,3,9-11,14-16H2,1-2H3. The normalized spacial score (nSPS) is 16.5. The largest absolute Gasteiger partial charge is 0.467 e. The number of carbonyl (C=O) groups excluding carboxylic acids is 1. The van der Waals surface area contributed by atoms with Gasteiger partial charge in [-0.2, -0.15) is 0 Å². The van der Waals surface area contributed by atoms with Crippen molar-refractivity contribution in [2.75, 3.05) is 13.4 Å². The maximum atomic E-state index is 14.0. The Kier molecular flexibility index (Phi) is 6.99. The second-order valence-corrected chi connectivity index (χ2v) is 11.7. The van der Waals surface area contributed by atoms with Gasteiger partial charge in [-0.3, -0.25) is 9.36 Å². The van der Waals surface area contributed by atoms with Gasteiger partial charge < -0.3 is 14.2 Å². The van der Waals surface area contributed by atoms with Gasteiger partial charge in [0.1, 0.15) is 10.6 Å². The summed E-state index contributed by atoms with van der Waals surface area (Å²) in [7, 11) is 0. The highest BCUT2D eigenvalue weighted by Crippen LogP contribution is 2.38. The number of carbonyl (C=O) groups is 1. The molecule has 0 spiro atoms. The molecule has 0 N–H and O–H groups in total. The number of ether oxygens (including phenoxy) is 3. The van der Waals surface area contributed by atoms with Crippen LogP contribution in [0.5, 0.6) is 5.75 Å². The van der Waals surface area contributed by atoms with E-state index in [9.17, 15) is 9.59 Å². The van der Waals surface area contributed by atoms with E-state index in [1.54, 1.807) is 28.9 Å². The zero-order valence-corrected chi connectivity index (χ0v) is 23.0. The second kappa shape index (κ2) is 10.6. The first kappa shape index (κ1) is 25.2. The summed E-state index contributed by atoms with van der Waals surface area (Å²) in [6.45, 7) is 4.86. The number of aryl methyl sites for hydroxylation is 1. The average molecular weight is 549 g/mol. The zero-order chi connectivity index (χ0) is 26.2. The molecule has 0 radical (unpaired) electrons. The molecule has 7 nitrogen and oxygen atoms in total. The maximum Gasteiger partial charge on any atom is 0.338 e. The quantitative estimate of drug-likeness (QED) is 0.168. The van der Waals surface area contributed by atoms with Crippen LogP contribution < -0.4 is 10.3 Å². The number of thiophene rings is 1. The molecule has 9 heteroatoms. The predicted molar refractivity (Wildman–Crippen MR) is 149 cm³/mol. The lowest BCUT2D eigenvalue weighted by Crippen LogP contribution is -2.22. The van der Waals surface area contributed by atoms with Crippen molar-refractivity contribution in [2.24, 2.45) is 5.92 Å². The van der Waals surface area contributed by atoms with Crippen LogP contribution >= 0.6 is 23.1 Å². The van der Waals surface area contributed by atoms with Crippen LogP contribution in [0.4, 0.5) is 0 Å². The van der Waals surface area contributed by atoms with Crippen LogP contribution in [0.15, 0.2) is 52.4 Å². The Labute approximate surface area is 228 Å². The summed E-state index contributed by atoms with van der Waals surface area (Å²) in [5.74, 6) is 1.41. The molecule has 2 aliphatic rings. The van der Waals surface area contributed by atoms with Gasteiger partial charge in [-0.05, 0) is 61.9 Å². The molecule has 0 amide bonds. The molecular weight excluding hydrogens is 520 g/mol. The van der Waals surface area contributed by atoms with Crippen LogP contribution in [-0.4, -0.2) is 28.9 Å². The first-order valence-corrected chi connectivity index (χ1v) is 14.6. The number of benzene rings is 2. The Hall–Kier alpha value is -3.14. The lowest BCUT2D eigenvalue weighted by atomic mass is 9.89. The number of esters is 1. The van der Waals surface area contributed by atoms with Crippen LogP contribution in [0, 0.1) is 5.92 Å². The van der Waals surface area contributed by atoms with Crippen LogP contribution in [0.25, 0.3) is 15.9 Å². The summed E-state index contributed by atoms with van der Waals surface area (Å²) in [4.78, 5) is 33.7. The van der Waals surface area contributed by atoms with Gasteiger partial charge in [0.15, 0.2) is 11.9 Å². The predicted octanol–water partition coefficient (Wildman–Crippen LogP) is 5.91. The number of aromatic nitrogens is 2. The highest BCUT2D eigenvalue weighted by molar-refractivity contribution is 7.98. The molecule has 3 heterocycles. The van der Waals surface area contributed by atoms with Gasteiger partial charge in [0.05, 0.1) is 29.9 Å². The Balaban J connectivity index is 1.44. The van der Waals surface area contributed by atoms with Crippen LogP contribution in [0.3, 0.4) is 0 Å². The van der Waals surface area contributed by atoms with Crippen LogP contribution in [-0.2, 0) is 34.7 Å². The van der Waals surface area contributed by atoms with E-state index in [0.717, 1.165) is 46.3 Å². The maximum absolute atomic E-state index is 14.0. The minimum Gasteiger partial charge on any atom is -0.467 e. The number of hydrogen-bond acceptors (Lipinski definition) is 8. The van der Waals surface area contributed by atoms with Gasteiger partial charge >= 0.3 is 5.97 Å². The molecule has 1 aliphatic carbocycles. The summed E-state index contributed by atoms with van der Waals surface area (Å²) in [5, 5.41) is 1.37. The molecule has 4 aromatic rings. The van der Waals surface area contributed by atoms with Gasteiger partial charge in [-0.1, -0.05) is 36.9 Å². The fourth-order valence-corrected chi connectivity index (χ4v) is 7.56. The summed E-state index contributed by atoms with van der Waals surface area (Å²) < 4.78 is 18.3. The third-order valence-corrected chi connectivity index (χ3v) is 9.10. The molecule has 0 saturated heterocycles. The van der Waals surface area contributed by atoms with Gasteiger partial charge in [-0.15, -0.1) is 11.3 Å². The van der Waals surface area contributed by atoms with E-state index in [2.05, 4.69) is 6.92 Å². The van der Waals surface area contributed by atoms with E-state index in [4.69, 9.17) is 19.2 Å². The van der Waals surface area contributed by atoms with Gasteiger partial charge in [-0.25, -0.2) is 9.78 Å². The Morgan fingerprint density at radius 2 is 2.11 bits per heavy atom. The van der Waals surface area contributed by atoms with E-state index < -0.39 is 0 Å². The molecule has 38 heavy (non-hydrogen) atoms. The van der Waals surface area contributed by atoms with Gasteiger partial charge in [0.2, 0.25) is 0 Å². The summed E-state index contributed by atoms with van der Waals surface area (Å²) in [5.41, 5.74) is 4.03. The van der Waals surface area contributed by atoms with Gasteiger partial charge in [0.25, 0.3) is 5.56 Å².